The van der Waals surface area contributed by atoms with E-state index in [1.165, 1.54) is 17.0 Å². The van der Waals surface area contributed by atoms with Gasteiger partial charge in [0.2, 0.25) is 5.91 Å². The number of carbonyl (C=O) groups excluding carboxylic acids is 1. The summed E-state index contributed by atoms with van der Waals surface area (Å²) < 4.78 is 13.2. The van der Waals surface area contributed by atoms with Crippen LogP contribution >= 0.6 is 11.3 Å². The number of carbonyl (C=O) groups is 1. The van der Waals surface area contributed by atoms with Crippen molar-refractivity contribution in [2.24, 2.45) is 23.2 Å². The van der Waals surface area contributed by atoms with Gasteiger partial charge in [-0.25, -0.2) is 9.37 Å². The molecule has 2 aliphatic rings. The van der Waals surface area contributed by atoms with E-state index in [1.54, 1.807) is 41.5 Å². The molecule has 0 bridgehead atoms. The van der Waals surface area contributed by atoms with Crippen molar-refractivity contribution in [3.8, 4) is 0 Å². The molecule has 1 amide bonds. The van der Waals surface area contributed by atoms with E-state index in [-0.39, 0.29) is 40.8 Å². The van der Waals surface area contributed by atoms with Crippen molar-refractivity contribution >= 4 is 28.1 Å². The first kappa shape index (κ1) is 23.9. The number of aromatic nitrogens is 1. The van der Waals surface area contributed by atoms with Gasteiger partial charge in [-0.1, -0.05) is 26.8 Å². The lowest BCUT2D eigenvalue weighted by atomic mass is 9.53. The molecule has 0 saturated heterocycles. The molecule has 4 rings (SSSR count). The van der Waals surface area contributed by atoms with Crippen LogP contribution < -0.4 is 5.32 Å². The number of amides is 1. The first-order chi connectivity index (χ1) is 15.6. The first-order valence-corrected chi connectivity index (χ1v) is 12.5. The zero-order valence-electron chi connectivity index (χ0n) is 19.8. The van der Waals surface area contributed by atoms with Gasteiger partial charge >= 0.3 is 0 Å². The number of aliphatic hydroxyl groups excluding tert-OH is 1. The summed E-state index contributed by atoms with van der Waals surface area (Å²) in [7, 11) is 1.79. The molecule has 0 spiro atoms. The van der Waals surface area contributed by atoms with E-state index in [9.17, 15) is 14.3 Å². The molecule has 2 N–H and O–H groups in total. The molecule has 1 aromatic heterocycles. The van der Waals surface area contributed by atoms with Crippen molar-refractivity contribution in [1.29, 1.82) is 0 Å². The average Bonchev–Trinajstić information content (AvgIpc) is 3.16. The summed E-state index contributed by atoms with van der Waals surface area (Å²) in [4.78, 5) is 20.7. The smallest absolute Gasteiger partial charge is 0.225 e. The van der Waals surface area contributed by atoms with Crippen LogP contribution in [0.5, 0.6) is 0 Å². The van der Waals surface area contributed by atoms with Gasteiger partial charge in [-0.15, -0.1) is 17.9 Å². The van der Waals surface area contributed by atoms with Crippen LogP contribution in [0.25, 0.3) is 0 Å². The number of anilines is 2. The monoisotopic (exact) mass is 471 g/mol. The van der Waals surface area contributed by atoms with E-state index in [0.717, 1.165) is 35.8 Å². The summed E-state index contributed by atoms with van der Waals surface area (Å²) >= 11 is 1.65. The standard InChI is InChI=1S/C26H34FN3O2S/c1-6-13-30(5)24(32)15(2)19-11-12-26(4)14-20-22(16(3)21(26)23(19)31)29-25(33-20)28-18-9-7-17(27)8-10-18/h6-10,15-16,19,21,23,31H,1,11-14H2,2-5H3,(H,28,29). The second-order valence-corrected chi connectivity index (χ2v) is 11.2. The highest BCUT2D eigenvalue weighted by Crippen LogP contribution is 2.57. The van der Waals surface area contributed by atoms with Crippen molar-refractivity contribution in [3.05, 3.63) is 53.3 Å². The molecule has 0 aliphatic heterocycles. The molecule has 2 aromatic rings. The Balaban J connectivity index is 1.56. The first-order valence-electron chi connectivity index (χ1n) is 11.7. The van der Waals surface area contributed by atoms with Crippen molar-refractivity contribution in [2.45, 2.75) is 52.1 Å². The number of halogens is 1. The fourth-order valence-electron chi connectivity index (χ4n) is 6.07. The third-order valence-electron chi connectivity index (χ3n) is 7.83. The molecule has 33 heavy (non-hydrogen) atoms. The Morgan fingerprint density at radius 1 is 1.45 bits per heavy atom. The minimum atomic E-state index is -0.557. The molecular formula is C26H34FN3O2S. The Morgan fingerprint density at radius 3 is 2.82 bits per heavy atom. The molecule has 178 valence electrons. The fourth-order valence-corrected chi connectivity index (χ4v) is 7.36. The summed E-state index contributed by atoms with van der Waals surface area (Å²) in [6, 6.07) is 6.27. The maximum absolute atomic E-state index is 13.2. The zero-order chi connectivity index (χ0) is 23.9. The topological polar surface area (TPSA) is 65.5 Å². The highest BCUT2D eigenvalue weighted by atomic mass is 32.1. The number of fused-ring (bicyclic) bond motifs is 2. The molecule has 1 aromatic carbocycles. The van der Waals surface area contributed by atoms with Crippen LogP contribution in [0.4, 0.5) is 15.2 Å². The van der Waals surface area contributed by atoms with Crippen LogP contribution in [-0.4, -0.2) is 40.6 Å². The molecular weight excluding hydrogens is 437 g/mol. The molecule has 2 aliphatic carbocycles. The van der Waals surface area contributed by atoms with E-state index in [2.05, 4.69) is 25.7 Å². The summed E-state index contributed by atoms with van der Waals surface area (Å²) in [5.74, 6) is -0.381. The van der Waals surface area contributed by atoms with Gasteiger partial charge in [0.15, 0.2) is 5.13 Å². The summed E-state index contributed by atoms with van der Waals surface area (Å²) in [6.45, 7) is 10.6. The maximum atomic E-state index is 13.2. The number of benzene rings is 1. The van der Waals surface area contributed by atoms with Crippen LogP contribution in [0.1, 0.15) is 50.1 Å². The number of thiazole rings is 1. The second-order valence-electron chi connectivity index (χ2n) is 10.1. The average molecular weight is 472 g/mol. The Bertz CT molecular complexity index is 1020. The largest absolute Gasteiger partial charge is 0.392 e. The van der Waals surface area contributed by atoms with Crippen LogP contribution in [0.2, 0.25) is 0 Å². The predicted octanol–water partition coefficient (Wildman–Crippen LogP) is 5.36. The summed E-state index contributed by atoms with van der Waals surface area (Å²) in [5.41, 5.74) is 1.81. The summed E-state index contributed by atoms with van der Waals surface area (Å²) in [5, 5.41) is 15.7. The lowest BCUT2D eigenvalue weighted by Gasteiger charge is -2.53. The van der Waals surface area contributed by atoms with Gasteiger partial charge in [0, 0.05) is 36.0 Å². The SMILES string of the molecule is C=CCN(C)C(=O)C(C)C1CCC2(C)Cc3sc(Nc4ccc(F)cc4)nc3C(C)C2C1O. The predicted molar refractivity (Wildman–Crippen MR) is 131 cm³/mol. The van der Waals surface area contributed by atoms with E-state index >= 15 is 0 Å². The minimum Gasteiger partial charge on any atom is -0.392 e. The number of likely N-dealkylation sites (N-methyl/N-ethyl adjacent to an activating group) is 1. The third-order valence-corrected chi connectivity index (χ3v) is 8.82. The Labute approximate surface area is 199 Å². The van der Waals surface area contributed by atoms with E-state index in [0.29, 0.717) is 6.54 Å². The molecule has 6 unspecified atom stereocenters. The van der Waals surface area contributed by atoms with Gasteiger partial charge in [-0.2, -0.15) is 0 Å². The van der Waals surface area contributed by atoms with Gasteiger partial charge in [-0.05, 0) is 60.8 Å². The lowest BCUT2D eigenvalue weighted by molar-refractivity contribution is -0.143. The van der Waals surface area contributed by atoms with Gasteiger partial charge < -0.3 is 15.3 Å². The molecule has 0 radical (unpaired) electrons. The van der Waals surface area contributed by atoms with Crippen molar-refractivity contribution in [3.63, 3.8) is 0 Å². The number of nitrogens with one attached hydrogen (secondary N) is 1. The molecule has 6 atom stereocenters. The van der Waals surface area contributed by atoms with Crippen molar-refractivity contribution in [2.75, 3.05) is 18.9 Å². The molecule has 1 fully saturated rings. The Hall–Kier alpha value is -2.25. The van der Waals surface area contributed by atoms with Gasteiger partial charge in [0.25, 0.3) is 0 Å². The molecule has 5 nitrogen and oxygen atoms in total. The van der Waals surface area contributed by atoms with Gasteiger partial charge in [0.05, 0.1) is 11.8 Å². The molecule has 1 saturated carbocycles. The number of rotatable bonds is 6. The zero-order valence-corrected chi connectivity index (χ0v) is 20.7. The number of nitrogens with zero attached hydrogens (tertiary/aromatic N) is 2. The van der Waals surface area contributed by atoms with Crippen molar-refractivity contribution in [1.82, 2.24) is 9.88 Å². The summed E-state index contributed by atoms with van der Waals surface area (Å²) in [6.07, 6.45) is 3.86. The Kier molecular flexibility index (Phi) is 6.65. The van der Waals surface area contributed by atoms with Gasteiger partial charge in [-0.3, -0.25) is 4.79 Å². The third kappa shape index (κ3) is 4.45. The van der Waals surface area contributed by atoms with Crippen LogP contribution in [0, 0.1) is 29.0 Å². The number of aliphatic hydroxyl groups is 1. The van der Waals surface area contributed by atoms with Crippen LogP contribution in [-0.2, 0) is 11.2 Å². The highest BCUT2D eigenvalue weighted by molar-refractivity contribution is 7.15. The second kappa shape index (κ2) is 9.18. The fraction of sp³-hybridized carbons (Fsp3) is 0.538. The van der Waals surface area contributed by atoms with E-state index < -0.39 is 6.10 Å². The maximum Gasteiger partial charge on any atom is 0.225 e. The Morgan fingerprint density at radius 2 is 2.15 bits per heavy atom. The van der Waals surface area contributed by atoms with E-state index in [1.807, 2.05) is 6.92 Å². The highest BCUT2D eigenvalue weighted by Gasteiger charge is 2.54. The van der Waals surface area contributed by atoms with Gasteiger partial charge in [0.1, 0.15) is 5.82 Å². The van der Waals surface area contributed by atoms with Crippen LogP contribution in [0.3, 0.4) is 0 Å². The molecule has 7 heteroatoms. The minimum absolute atomic E-state index is 0.0300. The van der Waals surface area contributed by atoms with Crippen LogP contribution in [0.15, 0.2) is 36.9 Å². The quantitative estimate of drug-likeness (QED) is 0.557. The van der Waals surface area contributed by atoms with E-state index in [4.69, 9.17) is 4.98 Å². The number of hydrogen-bond acceptors (Lipinski definition) is 5. The normalized spacial score (nSPS) is 29.5. The number of hydrogen-bond donors (Lipinski definition) is 2. The molecule has 1 heterocycles. The lowest BCUT2D eigenvalue weighted by Crippen LogP contribution is -2.53. The van der Waals surface area contributed by atoms with Crippen molar-refractivity contribution < 1.29 is 14.3 Å².